The molecule has 0 radical (unpaired) electrons. The molecular weight excluding hydrogens is 404 g/mol. The third-order valence-electron chi connectivity index (χ3n) is 4.15. The third kappa shape index (κ3) is 4.02. The van der Waals surface area contributed by atoms with Crippen LogP contribution >= 0.6 is 11.6 Å². The standard InChI is InChI=1S/C19H17ClN2O5S/c1-27-19(24)14-10-22(17-6-4-3-5-13(14)17)11-18(23)21-16-9-12(28(2,25)26)7-8-15(16)20/h3-10H,11H2,1-2H3,(H,21,23). The Hall–Kier alpha value is -2.84. The van der Waals surface area contributed by atoms with E-state index in [1.807, 2.05) is 0 Å². The zero-order chi connectivity index (χ0) is 20.5. The normalized spacial score (nSPS) is 11.4. The van der Waals surface area contributed by atoms with E-state index in [0.29, 0.717) is 16.5 Å². The lowest BCUT2D eigenvalue weighted by molar-refractivity contribution is -0.116. The fraction of sp³-hybridized carbons (Fsp3) is 0.158. The predicted molar refractivity (Wildman–Crippen MR) is 106 cm³/mol. The summed E-state index contributed by atoms with van der Waals surface area (Å²) in [5.74, 6) is -0.927. The van der Waals surface area contributed by atoms with Crippen LogP contribution in [-0.2, 0) is 25.9 Å². The van der Waals surface area contributed by atoms with Gasteiger partial charge in [-0.1, -0.05) is 29.8 Å². The number of esters is 1. The number of methoxy groups -OCH3 is 1. The average molecular weight is 421 g/mol. The molecule has 1 N–H and O–H groups in total. The number of rotatable bonds is 5. The molecular formula is C19H17ClN2O5S. The molecule has 0 saturated carbocycles. The Bertz CT molecular complexity index is 1180. The Morgan fingerprint density at radius 2 is 1.89 bits per heavy atom. The van der Waals surface area contributed by atoms with Crippen LogP contribution in [0.1, 0.15) is 10.4 Å². The second-order valence-electron chi connectivity index (χ2n) is 6.14. The van der Waals surface area contributed by atoms with Crippen molar-refractivity contribution in [2.75, 3.05) is 18.7 Å². The smallest absolute Gasteiger partial charge is 0.340 e. The SMILES string of the molecule is COC(=O)c1cn(CC(=O)Nc2cc(S(C)(=O)=O)ccc2Cl)c2ccccc12. The molecule has 0 saturated heterocycles. The molecule has 1 amide bonds. The van der Waals surface area contributed by atoms with Crippen LogP contribution in [0.4, 0.5) is 5.69 Å². The Balaban J connectivity index is 1.90. The molecule has 0 aliphatic carbocycles. The number of anilines is 1. The molecule has 9 heteroatoms. The summed E-state index contributed by atoms with van der Waals surface area (Å²) in [4.78, 5) is 24.6. The number of carbonyl (C=O) groups is 2. The minimum absolute atomic E-state index is 0.0478. The number of amides is 1. The topological polar surface area (TPSA) is 94.5 Å². The van der Waals surface area contributed by atoms with Gasteiger partial charge in [0.2, 0.25) is 5.91 Å². The molecule has 0 aliphatic rings. The Morgan fingerprint density at radius 3 is 2.57 bits per heavy atom. The van der Waals surface area contributed by atoms with Gasteiger partial charge >= 0.3 is 5.97 Å². The van der Waals surface area contributed by atoms with Crippen LogP contribution in [0.5, 0.6) is 0 Å². The summed E-state index contributed by atoms with van der Waals surface area (Å²) in [6.07, 6.45) is 2.62. The van der Waals surface area contributed by atoms with Gasteiger partial charge in [0.05, 0.1) is 28.3 Å². The van der Waals surface area contributed by atoms with Gasteiger partial charge in [-0.05, 0) is 24.3 Å². The summed E-state index contributed by atoms with van der Waals surface area (Å²) < 4.78 is 29.8. The number of halogens is 1. The van der Waals surface area contributed by atoms with Crippen molar-refractivity contribution in [2.24, 2.45) is 0 Å². The minimum Gasteiger partial charge on any atom is -0.465 e. The highest BCUT2D eigenvalue weighted by Gasteiger charge is 2.17. The molecule has 2 aromatic carbocycles. The van der Waals surface area contributed by atoms with E-state index in [0.717, 1.165) is 6.26 Å². The zero-order valence-electron chi connectivity index (χ0n) is 15.1. The molecule has 3 rings (SSSR count). The van der Waals surface area contributed by atoms with Gasteiger partial charge in [0.1, 0.15) is 6.54 Å². The van der Waals surface area contributed by atoms with Crippen LogP contribution in [-0.4, -0.2) is 38.2 Å². The van der Waals surface area contributed by atoms with Crippen molar-refractivity contribution < 1.29 is 22.7 Å². The van der Waals surface area contributed by atoms with Crippen LogP contribution in [0.25, 0.3) is 10.9 Å². The van der Waals surface area contributed by atoms with E-state index in [9.17, 15) is 18.0 Å². The molecule has 0 unspecified atom stereocenters. The number of para-hydroxylation sites is 1. The first-order chi connectivity index (χ1) is 13.2. The fourth-order valence-corrected chi connectivity index (χ4v) is 3.64. The number of hydrogen-bond donors (Lipinski definition) is 1. The van der Waals surface area contributed by atoms with E-state index in [1.165, 1.54) is 25.3 Å². The Morgan fingerprint density at radius 1 is 1.18 bits per heavy atom. The number of nitrogens with one attached hydrogen (secondary N) is 1. The summed E-state index contributed by atoms with van der Waals surface area (Å²) in [5, 5.41) is 3.50. The maximum Gasteiger partial charge on any atom is 0.340 e. The van der Waals surface area contributed by atoms with Crippen LogP contribution in [0.15, 0.2) is 53.6 Å². The first-order valence-corrected chi connectivity index (χ1v) is 10.4. The number of hydrogen-bond acceptors (Lipinski definition) is 5. The zero-order valence-corrected chi connectivity index (χ0v) is 16.7. The van der Waals surface area contributed by atoms with E-state index in [4.69, 9.17) is 16.3 Å². The maximum absolute atomic E-state index is 12.5. The molecule has 3 aromatic rings. The number of ether oxygens (including phenoxy) is 1. The number of aromatic nitrogens is 1. The predicted octanol–water partition coefficient (Wildman–Crippen LogP) is 3.12. The van der Waals surface area contributed by atoms with Crippen molar-refractivity contribution >= 4 is 49.9 Å². The number of carbonyl (C=O) groups excluding carboxylic acids is 2. The molecule has 0 spiro atoms. The lowest BCUT2D eigenvalue weighted by Crippen LogP contribution is -2.18. The monoisotopic (exact) mass is 420 g/mol. The van der Waals surface area contributed by atoms with Gasteiger partial charge in [-0.25, -0.2) is 13.2 Å². The summed E-state index contributed by atoms with van der Waals surface area (Å²) in [6.45, 7) is -0.100. The van der Waals surface area contributed by atoms with Gasteiger partial charge in [0.25, 0.3) is 0 Å². The number of benzene rings is 2. The lowest BCUT2D eigenvalue weighted by Gasteiger charge is -2.10. The molecule has 1 aromatic heterocycles. The van der Waals surface area contributed by atoms with E-state index in [-0.39, 0.29) is 22.2 Å². The summed E-state index contributed by atoms with van der Waals surface area (Å²) in [6, 6.07) is 11.2. The molecule has 1 heterocycles. The molecule has 0 fully saturated rings. The van der Waals surface area contributed by atoms with Gasteiger partial charge in [-0.15, -0.1) is 0 Å². The Kier molecular flexibility index (Phi) is 5.44. The van der Waals surface area contributed by atoms with Gasteiger partial charge in [0, 0.05) is 23.4 Å². The van der Waals surface area contributed by atoms with E-state index in [2.05, 4.69) is 5.32 Å². The second kappa shape index (κ2) is 7.65. The van der Waals surface area contributed by atoms with Crippen LogP contribution in [0.3, 0.4) is 0 Å². The van der Waals surface area contributed by atoms with Crippen molar-refractivity contribution in [3.05, 3.63) is 59.2 Å². The largest absolute Gasteiger partial charge is 0.465 e. The molecule has 0 aliphatic heterocycles. The summed E-state index contributed by atoms with van der Waals surface area (Å²) >= 11 is 6.08. The first-order valence-electron chi connectivity index (χ1n) is 8.16. The number of sulfone groups is 1. The van der Waals surface area contributed by atoms with Crippen molar-refractivity contribution in [1.29, 1.82) is 0 Å². The lowest BCUT2D eigenvalue weighted by atomic mass is 10.2. The van der Waals surface area contributed by atoms with Crippen LogP contribution in [0.2, 0.25) is 5.02 Å². The summed E-state index contributed by atoms with van der Waals surface area (Å²) in [7, 11) is -2.15. The minimum atomic E-state index is -3.44. The average Bonchev–Trinajstić information content (AvgIpc) is 3.00. The highest BCUT2D eigenvalue weighted by molar-refractivity contribution is 7.90. The Labute approximate surface area is 166 Å². The van der Waals surface area contributed by atoms with Crippen molar-refractivity contribution in [2.45, 2.75) is 11.4 Å². The summed E-state index contributed by atoms with van der Waals surface area (Å²) in [5.41, 5.74) is 1.23. The van der Waals surface area contributed by atoms with Crippen molar-refractivity contribution in [3.8, 4) is 0 Å². The molecule has 0 atom stereocenters. The molecule has 28 heavy (non-hydrogen) atoms. The van der Waals surface area contributed by atoms with E-state index in [1.54, 1.807) is 35.0 Å². The highest BCUT2D eigenvalue weighted by Crippen LogP contribution is 2.26. The number of fused-ring (bicyclic) bond motifs is 1. The molecule has 146 valence electrons. The molecule has 7 nitrogen and oxygen atoms in total. The van der Waals surface area contributed by atoms with Crippen LogP contribution < -0.4 is 5.32 Å². The van der Waals surface area contributed by atoms with E-state index >= 15 is 0 Å². The van der Waals surface area contributed by atoms with Crippen molar-refractivity contribution in [1.82, 2.24) is 4.57 Å². The fourth-order valence-electron chi connectivity index (χ4n) is 2.83. The maximum atomic E-state index is 12.5. The van der Waals surface area contributed by atoms with Gasteiger partial charge < -0.3 is 14.6 Å². The van der Waals surface area contributed by atoms with Crippen molar-refractivity contribution in [3.63, 3.8) is 0 Å². The second-order valence-corrected chi connectivity index (χ2v) is 8.56. The van der Waals surface area contributed by atoms with Gasteiger partial charge in [-0.2, -0.15) is 0 Å². The quantitative estimate of drug-likeness (QED) is 0.640. The first kappa shape index (κ1) is 19.9. The van der Waals surface area contributed by atoms with Gasteiger partial charge in [0.15, 0.2) is 9.84 Å². The number of nitrogens with zero attached hydrogens (tertiary/aromatic N) is 1. The third-order valence-corrected chi connectivity index (χ3v) is 5.59. The van der Waals surface area contributed by atoms with Crippen LogP contribution in [0, 0.1) is 0 Å². The van der Waals surface area contributed by atoms with Gasteiger partial charge in [-0.3, -0.25) is 4.79 Å². The molecule has 0 bridgehead atoms. The van der Waals surface area contributed by atoms with E-state index < -0.39 is 21.7 Å². The highest BCUT2D eigenvalue weighted by atomic mass is 35.5.